The van der Waals surface area contributed by atoms with Crippen molar-refractivity contribution in [3.8, 4) is 0 Å². The van der Waals surface area contributed by atoms with Crippen molar-refractivity contribution >= 4 is 23.1 Å². The van der Waals surface area contributed by atoms with Crippen LogP contribution in [0.5, 0.6) is 0 Å². The standard InChI is InChI=1S/C23H29ClN4O/c1-5-10-25-20(19-9-7-12-29-19)22-17-8-6-11-28(23(17)26-27(22)4)21-16(3)13-15(2)14-18(21)24/h7,9,12-14,20,25H,5-6,8,10-11H2,1-4H3. The van der Waals surface area contributed by atoms with Crippen molar-refractivity contribution in [2.45, 2.75) is 46.1 Å². The first-order chi connectivity index (χ1) is 14.0. The highest BCUT2D eigenvalue weighted by Gasteiger charge is 2.32. The van der Waals surface area contributed by atoms with Gasteiger partial charge in [-0.05, 0) is 69.0 Å². The van der Waals surface area contributed by atoms with Crippen LogP contribution >= 0.6 is 11.6 Å². The van der Waals surface area contributed by atoms with Gasteiger partial charge in [-0.1, -0.05) is 24.6 Å². The molecular formula is C23H29ClN4O. The van der Waals surface area contributed by atoms with Gasteiger partial charge in [-0.3, -0.25) is 4.68 Å². The maximum Gasteiger partial charge on any atom is 0.158 e. The van der Waals surface area contributed by atoms with E-state index in [9.17, 15) is 0 Å². The Balaban J connectivity index is 1.81. The Morgan fingerprint density at radius 3 is 2.83 bits per heavy atom. The van der Waals surface area contributed by atoms with Crippen molar-refractivity contribution in [1.29, 1.82) is 0 Å². The molecule has 29 heavy (non-hydrogen) atoms. The van der Waals surface area contributed by atoms with Crippen LogP contribution in [0, 0.1) is 13.8 Å². The van der Waals surface area contributed by atoms with Crippen LogP contribution in [0.1, 0.15) is 54.0 Å². The van der Waals surface area contributed by atoms with Crippen LogP contribution in [-0.2, 0) is 13.5 Å². The Morgan fingerprint density at radius 2 is 2.14 bits per heavy atom. The lowest BCUT2D eigenvalue weighted by atomic mass is 9.98. The fourth-order valence-electron chi connectivity index (χ4n) is 4.45. The minimum Gasteiger partial charge on any atom is -0.467 e. The summed E-state index contributed by atoms with van der Waals surface area (Å²) in [7, 11) is 2.03. The molecule has 1 aliphatic rings. The summed E-state index contributed by atoms with van der Waals surface area (Å²) in [6.45, 7) is 8.21. The highest BCUT2D eigenvalue weighted by Crippen LogP contribution is 2.42. The predicted octanol–water partition coefficient (Wildman–Crippen LogP) is 5.46. The number of hydrogen-bond donors (Lipinski definition) is 1. The van der Waals surface area contributed by atoms with E-state index in [0.717, 1.165) is 54.6 Å². The lowest BCUT2D eigenvalue weighted by Gasteiger charge is -2.30. The molecule has 1 N–H and O–H groups in total. The van der Waals surface area contributed by atoms with Gasteiger partial charge in [-0.15, -0.1) is 0 Å². The molecule has 0 amide bonds. The summed E-state index contributed by atoms with van der Waals surface area (Å²) in [6, 6.07) is 8.19. The molecule has 0 saturated heterocycles. The summed E-state index contributed by atoms with van der Waals surface area (Å²) in [4.78, 5) is 2.29. The van der Waals surface area contributed by atoms with E-state index in [1.54, 1.807) is 6.26 Å². The Bertz CT molecular complexity index is 970. The molecule has 1 aromatic carbocycles. The number of nitrogens with one attached hydrogen (secondary N) is 1. The van der Waals surface area contributed by atoms with Crippen molar-refractivity contribution in [1.82, 2.24) is 15.1 Å². The first-order valence-corrected chi connectivity index (χ1v) is 10.8. The molecule has 4 rings (SSSR count). The number of furan rings is 1. The van der Waals surface area contributed by atoms with Crippen molar-refractivity contribution in [3.63, 3.8) is 0 Å². The fraction of sp³-hybridized carbons (Fsp3) is 0.435. The van der Waals surface area contributed by atoms with Crippen molar-refractivity contribution < 1.29 is 4.42 Å². The zero-order chi connectivity index (χ0) is 20.5. The molecule has 0 radical (unpaired) electrons. The van der Waals surface area contributed by atoms with Crippen LogP contribution < -0.4 is 10.2 Å². The van der Waals surface area contributed by atoms with E-state index >= 15 is 0 Å². The maximum absolute atomic E-state index is 6.69. The Kier molecular flexibility index (Phi) is 5.70. The SMILES string of the molecule is CCCNC(c1ccco1)c1c2c(nn1C)N(c1c(C)cc(C)cc1Cl)CCC2. The molecule has 5 nitrogen and oxygen atoms in total. The van der Waals surface area contributed by atoms with Gasteiger partial charge < -0.3 is 14.6 Å². The predicted molar refractivity (Wildman–Crippen MR) is 118 cm³/mol. The first-order valence-electron chi connectivity index (χ1n) is 10.4. The van der Waals surface area contributed by atoms with E-state index in [4.69, 9.17) is 21.1 Å². The van der Waals surface area contributed by atoms with Gasteiger partial charge >= 0.3 is 0 Å². The van der Waals surface area contributed by atoms with Gasteiger partial charge in [0.2, 0.25) is 0 Å². The van der Waals surface area contributed by atoms with Crippen LogP contribution in [0.3, 0.4) is 0 Å². The average Bonchev–Trinajstić information content (AvgIpc) is 3.30. The van der Waals surface area contributed by atoms with E-state index in [1.165, 1.54) is 22.4 Å². The highest BCUT2D eigenvalue weighted by atomic mass is 35.5. The third-order valence-corrected chi connectivity index (χ3v) is 5.89. The molecule has 1 aliphatic heterocycles. The number of hydrogen-bond acceptors (Lipinski definition) is 4. The number of benzene rings is 1. The molecular weight excluding hydrogens is 384 g/mol. The topological polar surface area (TPSA) is 46.2 Å². The van der Waals surface area contributed by atoms with Crippen LogP contribution in [0.2, 0.25) is 5.02 Å². The van der Waals surface area contributed by atoms with E-state index in [-0.39, 0.29) is 6.04 Å². The lowest BCUT2D eigenvalue weighted by molar-refractivity contribution is 0.430. The van der Waals surface area contributed by atoms with E-state index in [2.05, 4.69) is 37.1 Å². The van der Waals surface area contributed by atoms with Gasteiger partial charge in [0.05, 0.1) is 22.7 Å². The smallest absolute Gasteiger partial charge is 0.158 e. The third kappa shape index (κ3) is 3.69. The summed E-state index contributed by atoms with van der Waals surface area (Å²) < 4.78 is 7.80. The van der Waals surface area contributed by atoms with Gasteiger partial charge in [0, 0.05) is 19.2 Å². The van der Waals surface area contributed by atoms with Crippen molar-refractivity contribution in [3.05, 3.63) is 63.7 Å². The normalized spacial score (nSPS) is 14.9. The molecule has 2 aromatic heterocycles. The fourth-order valence-corrected chi connectivity index (χ4v) is 4.87. The summed E-state index contributed by atoms with van der Waals surface area (Å²) >= 11 is 6.69. The van der Waals surface area contributed by atoms with Gasteiger partial charge in [0.1, 0.15) is 11.8 Å². The van der Waals surface area contributed by atoms with Crippen LogP contribution in [0.15, 0.2) is 34.9 Å². The van der Waals surface area contributed by atoms with Crippen molar-refractivity contribution in [2.24, 2.45) is 7.05 Å². The first kappa shape index (κ1) is 20.0. The molecule has 1 atom stereocenters. The molecule has 0 spiro atoms. The summed E-state index contributed by atoms with van der Waals surface area (Å²) in [5.41, 5.74) is 5.88. The number of anilines is 2. The summed E-state index contributed by atoms with van der Waals surface area (Å²) in [5, 5.41) is 9.39. The lowest BCUT2D eigenvalue weighted by Crippen LogP contribution is -2.28. The minimum absolute atomic E-state index is 0.0132. The molecule has 0 saturated carbocycles. The quantitative estimate of drug-likeness (QED) is 0.584. The Hall–Kier alpha value is -2.24. The molecule has 3 heterocycles. The van der Waals surface area contributed by atoms with Gasteiger partial charge in [-0.2, -0.15) is 5.10 Å². The monoisotopic (exact) mass is 412 g/mol. The second-order valence-electron chi connectivity index (χ2n) is 7.88. The number of halogens is 1. The zero-order valence-electron chi connectivity index (χ0n) is 17.6. The van der Waals surface area contributed by atoms with E-state index in [0.29, 0.717) is 0 Å². The van der Waals surface area contributed by atoms with Crippen LogP contribution in [-0.4, -0.2) is 22.9 Å². The molecule has 0 fully saturated rings. The zero-order valence-corrected chi connectivity index (χ0v) is 18.4. The Morgan fingerprint density at radius 1 is 1.31 bits per heavy atom. The molecule has 6 heteroatoms. The van der Waals surface area contributed by atoms with Gasteiger partial charge in [-0.25, -0.2) is 0 Å². The minimum atomic E-state index is -0.0132. The number of aromatic nitrogens is 2. The summed E-state index contributed by atoms with van der Waals surface area (Å²) in [5.74, 6) is 1.93. The van der Waals surface area contributed by atoms with E-state index in [1.807, 2.05) is 29.9 Å². The maximum atomic E-state index is 6.69. The summed E-state index contributed by atoms with van der Waals surface area (Å²) in [6.07, 6.45) is 4.86. The van der Waals surface area contributed by atoms with Gasteiger partial charge in [0.25, 0.3) is 0 Å². The molecule has 1 unspecified atom stereocenters. The molecule has 0 bridgehead atoms. The Labute approximate surface area is 177 Å². The number of fused-ring (bicyclic) bond motifs is 1. The van der Waals surface area contributed by atoms with Crippen LogP contribution in [0.4, 0.5) is 11.5 Å². The number of aryl methyl sites for hydroxylation is 3. The average molecular weight is 413 g/mol. The second kappa shape index (κ2) is 8.25. The van der Waals surface area contributed by atoms with Crippen LogP contribution in [0.25, 0.3) is 0 Å². The molecule has 0 aliphatic carbocycles. The molecule has 154 valence electrons. The largest absolute Gasteiger partial charge is 0.467 e. The molecule has 3 aromatic rings. The van der Waals surface area contributed by atoms with Gasteiger partial charge in [0.15, 0.2) is 5.82 Å². The third-order valence-electron chi connectivity index (χ3n) is 5.60. The van der Waals surface area contributed by atoms with E-state index < -0.39 is 0 Å². The number of nitrogens with zero attached hydrogens (tertiary/aromatic N) is 3. The number of rotatable bonds is 6. The highest BCUT2D eigenvalue weighted by molar-refractivity contribution is 6.33. The second-order valence-corrected chi connectivity index (χ2v) is 8.29. The van der Waals surface area contributed by atoms with Crippen molar-refractivity contribution in [2.75, 3.05) is 18.0 Å².